The molecule has 0 aromatic carbocycles. The quantitative estimate of drug-likeness (QED) is 0.773. The van der Waals surface area contributed by atoms with E-state index >= 15 is 0 Å². The van der Waals surface area contributed by atoms with E-state index in [0.29, 0.717) is 18.5 Å². The van der Waals surface area contributed by atoms with Gasteiger partial charge in [-0.1, -0.05) is 26.7 Å². The summed E-state index contributed by atoms with van der Waals surface area (Å²) < 4.78 is 0. The number of rotatable bonds is 5. The summed E-state index contributed by atoms with van der Waals surface area (Å²) in [4.78, 5) is 0. The Labute approximate surface area is 105 Å². The molecule has 2 N–H and O–H groups in total. The van der Waals surface area contributed by atoms with E-state index in [0.717, 1.165) is 32.1 Å². The molecule has 1 aliphatic carbocycles. The van der Waals surface area contributed by atoms with Gasteiger partial charge in [-0.05, 0) is 32.1 Å². The predicted octanol–water partition coefficient (Wildman–Crippen LogP) is 2.46. The fourth-order valence-electron chi connectivity index (χ4n) is 2.46. The molecule has 0 aliphatic heterocycles. The molecule has 1 saturated carbocycles. The summed E-state index contributed by atoms with van der Waals surface area (Å²) in [6.45, 7) is 6.72. The SMILES string of the molecule is CC[C@H](C)[C@](C)(O)CN[C@H]1CCC[C@H](C#N)C1. The second kappa shape index (κ2) is 6.37. The molecule has 0 heterocycles. The van der Waals surface area contributed by atoms with Crippen LogP contribution in [0.25, 0.3) is 0 Å². The fraction of sp³-hybridized carbons (Fsp3) is 0.929. The zero-order valence-corrected chi connectivity index (χ0v) is 11.4. The molecule has 0 aromatic heterocycles. The standard InChI is InChI=1S/C14H26N2O/c1-4-11(2)14(3,17)10-16-13-7-5-6-12(8-13)9-15/h11-13,16-17H,4-8,10H2,1-3H3/t11-,12-,13-,14+/m0/s1. The highest BCUT2D eigenvalue weighted by atomic mass is 16.3. The Kier molecular flexibility index (Phi) is 5.42. The highest BCUT2D eigenvalue weighted by molar-refractivity contribution is 4.91. The minimum Gasteiger partial charge on any atom is -0.389 e. The van der Waals surface area contributed by atoms with E-state index in [1.807, 2.05) is 6.92 Å². The van der Waals surface area contributed by atoms with E-state index in [2.05, 4.69) is 25.2 Å². The van der Waals surface area contributed by atoms with E-state index in [-0.39, 0.29) is 5.92 Å². The van der Waals surface area contributed by atoms with Crippen LogP contribution in [-0.2, 0) is 0 Å². The molecule has 0 saturated heterocycles. The average molecular weight is 238 g/mol. The van der Waals surface area contributed by atoms with Crippen LogP contribution < -0.4 is 5.32 Å². The third-order valence-electron chi connectivity index (χ3n) is 4.28. The smallest absolute Gasteiger partial charge is 0.0768 e. The van der Waals surface area contributed by atoms with Crippen LogP contribution in [-0.4, -0.2) is 23.3 Å². The third kappa shape index (κ3) is 4.29. The zero-order valence-electron chi connectivity index (χ0n) is 11.4. The predicted molar refractivity (Wildman–Crippen MR) is 69.4 cm³/mol. The molecule has 0 radical (unpaired) electrons. The molecule has 98 valence electrons. The second-order valence-corrected chi connectivity index (χ2v) is 5.74. The Hall–Kier alpha value is -0.590. The molecular weight excluding hydrogens is 212 g/mol. The van der Waals surface area contributed by atoms with Gasteiger partial charge in [-0.3, -0.25) is 0 Å². The van der Waals surface area contributed by atoms with Crippen LogP contribution >= 0.6 is 0 Å². The maximum atomic E-state index is 10.3. The first-order valence-electron chi connectivity index (χ1n) is 6.85. The first-order chi connectivity index (χ1) is 7.99. The topological polar surface area (TPSA) is 56.0 Å². The lowest BCUT2D eigenvalue weighted by atomic mass is 9.85. The molecule has 1 fully saturated rings. The number of nitrogens with zero attached hydrogens (tertiary/aromatic N) is 1. The summed E-state index contributed by atoms with van der Waals surface area (Å²) in [5, 5.41) is 22.7. The van der Waals surface area contributed by atoms with Gasteiger partial charge in [0.15, 0.2) is 0 Å². The molecule has 0 bridgehead atoms. The van der Waals surface area contributed by atoms with Crippen LogP contribution in [0.4, 0.5) is 0 Å². The van der Waals surface area contributed by atoms with Crippen LogP contribution in [0, 0.1) is 23.2 Å². The lowest BCUT2D eigenvalue weighted by Crippen LogP contribution is -2.47. The van der Waals surface area contributed by atoms with Gasteiger partial charge in [0.05, 0.1) is 11.7 Å². The van der Waals surface area contributed by atoms with Crippen molar-refractivity contribution in [1.82, 2.24) is 5.32 Å². The number of hydrogen-bond donors (Lipinski definition) is 2. The summed E-state index contributed by atoms with van der Waals surface area (Å²) in [5.41, 5.74) is -0.645. The van der Waals surface area contributed by atoms with Gasteiger partial charge in [0, 0.05) is 18.5 Å². The maximum Gasteiger partial charge on any atom is 0.0768 e. The Bertz CT molecular complexity index is 270. The first kappa shape index (κ1) is 14.5. The summed E-state index contributed by atoms with van der Waals surface area (Å²) in [6.07, 6.45) is 5.22. The highest BCUT2D eigenvalue weighted by Gasteiger charge is 2.29. The van der Waals surface area contributed by atoms with Gasteiger partial charge in [-0.2, -0.15) is 5.26 Å². The Morgan fingerprint density at radius 1 is 1.53 bits per heavy atom. The molecule has 0 amide bonds. The van der Waals surface area contributed by atoms with Gasteiger partial charge in [-0.25, -0.2) is 0 Å². The molecule has 3 heteroatoms. The van der Waals surface area contributed by atoms with E-state index in [1.165, 1.54) is 0 Å². The van der Waals surface area contributed by atoms with Gasteiger partial charge >= 0.3 is 0 Å². The van der Waals surface area contributed by atoms with Gasteiger partial charge in [0.25, 0.3) is 0 Å². The van der Waals surface area contributed by atoms with E-state index < -0.39 is 5.60 Å². The van der Waals surface area contributed by atoms with Crippen molar-refractivity contribution in [3.05, 3.63) is 0 Å². The molecule has 0 unspecified atom stereocenters. The van der Waals surface area contributed by atoms with E-state index in [9.17, 15) is 5.11 Å². The van der Waals surface area contributed by atoms with Gasteiger partial charge < -0.3 is 10.4 Å². The van der Waals surface area contributed by atoms with Crippen molar-refractivity contribution in [3.63, 3.8) is 0 Å². The van der Waals surface area contributed by atoms with Crippen LogP contribution in [0.15, 0.2) is 0 Å². The van der Waals surface area contributed by atoms with E-state index in [1.54, 1.807) is 0 Å². The normalized spacial score (nSPS) is 30.3. The van der Waals surface area contributed by atoms with Crippen molar-refractivity contribution in [2.24, 2.45) is 11.8 Å². The molecule has 3 nitrogen and oxygen atoms in total. The zero-order chi connectivity index (χ0) is 12.9. The molecule has 4 atom stereocenters. The lowest BCUT2D eigenvalue weighted by molar-refractivity contribution is 0.00196. The molecule has 1 rings (SSSR count). The van der Waals surface area contributed by atoms with Crippen molar-refractivity contribution < 1.29 is 5.11 Å². The Balaban J connectivity index is 2.37. The summed E-state index contributed by atoms with van der Waals surface area (Å²) in [7, 11) is 0. The molecule has 1 aliphatic rings. The molecule has 0 spiro atoms. The van der Waals surface area contributed by atoms with Gasteiger partial charge in [0.1, 0.15) is 0 Å². The average Bonchev–Trinajstić information content (AvgIpc) is 2.35. The largest absolute Gasteiger partial charge is 0.389 e. The number of nitriles is 1. The van der Waals surface area contributed by atoms with Crippen molar-refractivity contribution in [2.75, 3.05) is 6.54 Å². The molecule has 0 aromatic rings. The monoisotopic (exact) mass is 238 g/mol. The second-order valence-electron chi connectivity index (χ2n) is 5.74. The molecule has 17 heavy (non-hydrogen) atoms. The maximum absolute atomic E-state index is 10.3. The third-order valence-corrected chi connectivity index (χ3v) is 4.28. The van der Waals surface area contributed by atoms with Crippen molar-refractivity contribution in [2.45, 2.75) is 64.5 Å². The van der Waals surface area contributed by atoms with Crippen molar-refractivity contribution in [1.29, 1.82) is 5.26 Å². The number of aliphatic hydroxyl groups is 1. The van der Waals surface area contributed by atoms with E-state index in [4.69, 9.17) is 5.26 Å². The first-order valence-corrected chi connectivity index (χ1v) is 6.85. The summed E-state index contributed by atoms with van der Waals surface area (Å²) in [6, 6.07) is 2.77. The van der Waals surface area contributed by atoms with Crippen LogP contribution in [0.2, 0.25) is 0 Å². The van der Waals surface area contributed by atoms with Gasteiger partial charge in [0.2, 0.25) is 0 Å². The minimum atomic E-state index is -0.645. The lowest BCUT2D eigenvalue weighted by Gasteiger charge is -2.34. The van der Waals surface area contributed by atoms with Crippen molar-refractivity contribution in [3.8, 4) is 6.07 Å². The van der Waals surface area contributed by atoms with Gasteiger partial charge in [-0.15, -0.1) is 0 Å². The van der Waals surface area contributed by atoms with Crippen LogP contribution in [0.1, 0.15) is 52.9 Å². The Morgan fingerprint density at radius 2 is 2.24 bits per heavy atom. The molecular formula is C14H26N2O. The Morgan fingerprint density at radius 3 is 2.82 bits per heavy atom. The van der Waals surface area contributed by atoms with Crippen LogP contribution in [0.5, 0.6) is 0 Å². The number of hydrogen-bond acceptors (Lipinski definition) is 3. The van der Waals surface area contributed by atoms with Crippen LogP contribution in [0.3, 0.4) is 0 Å². The minimum absolute atomic E-state index is 0.204. The van der Waals surface area contributed by atoms with Crippen molar-refractivity contribution >= 4 is 0 Å². The number of nitrogens with one attached hydrogen (secondary N) is 1. The fourth-order valence-corrected chi connectivity index (χ4v) is 2.46. The summed E-state index contributed by atoms with van der Waals surface area (Å²) in [5.74, 6) is 0.500. The highest BCUT2D eigenvalue weighted by Crippen LogP contribution is 2.25. The summed E-state index contributed by atoms with van der Waals surface area (Å²) >= 11 is 0.